The van der Waals surface area contributed by atoms with Crippen molar-refractivity contribution in [1.82, 2.24) is 4.90 Å². The van der Waals surface area contributed by atoms with Gasteiger partial charge in [0, 0.05) is 24.8 Å². The molecule has 0 amide bonds. The van der Waals surface area contributed by atoms with Gasteiger partial charge in [-0.1, -0.05) is 6.92 Å². The summed E-state index contributed by atoms with van der Waals surface area (Å²) in [6.07, 6.45) is 1.17. The summed E-state index contributed by atoms with van der Waals surface area (Å²) in [4.78, 5) is 2.34. The third kappa shape index (κ3) is 4.15. The van der Waals surface area contributed by atoms with Crippen LogP contribution in [0.15, 0.2) is 18.2 Å². The number of rotatable bonds is 6. The summed E-state index contributed by atoms with van der Waals surface area (Å²) in [5.74, 6) is 0. The average molecular weight is 236 g/mol. The molecule has 4 heteroatoms. The molecule has 0 fully saturated rings. The van der Waals surface area contributed by atoms with E-state index >= 15 is 0 Å². The standard InChI is InChI=1S/C13H24N4/c1-4-10(2)17(3)8-7-16-11-5-6-12(14)13(15)9-11/h5-6,9-10,16H,4,7-8,14-15H2,1-3H3. The van der Waals surface area contributed by atoms with Gasteiger partial charge in [-0.3, -0.25) is 0 Å². The first-order valence-corrected chi connectivity index (χ1v) is 6.13. The van der Waals surface area contributed by atoms with E-state index < -0.39 is 0 Å². The van der Waals surface area contributed by atoms with Crippen molar-refractivity contribution in [3.63, 3.8) is 0 Å². The minimum Gasteiger partial charge on any atom is -0.397 e. The van der Waals surface area contributed by atoms with Crippen molar-refractivity contribution in [3.05, 3.63) is 18.2 Å². The Bertz CT molecular complexity index is 351. The number of anilines is 3. The SMILES string of the molecule is CCC(C)N(C)CCNc1ccc(N)c(N)c1. The molecule has 4 nitrogen and oxygen atoms in total. The first kappa shape index (κ1) is 13.6. The summed E-state index contributed by atoms with van der Waals surface area (Å²) in [7, 11) is 2.15. The molecule has 96 valence electrons. The molecule has 1 atom stereocenters. The number of nitrogen functional groups attached to an aromatic ring is 2. The van der Waals surface area contributed by atoms with Gasteiger partial charge in [0.25, 0.3) is 0 Å². The molecule has 0 radical (unpaired) electrons. The molecule has 0 saturated carbocycles. The number of nitrogens with zero attached hydrogens (tertiary/aromatic N) is 1. The van der Waals surface area contributed by atoms with Crippen LogP contribution in [0.5, 0.6) is 0 Å². The summed E-state index contributed by atoms with van der Waals surface area (Å²) in [6.45, 7) is 6.36. The van der Waals surface area contributed by atoms with Crippen LogP contribution in [0.1, 0.15) is 20.3 Å². The van der Waals surface area contributed by atoms with Crippen LogP contribution >= 0.6 is 0 Å². The first-order valence-electron chi connectivity index (χ1n) is 6.13. The minimum absolute atomic E-state index is 0.619. The fourth-order valence-electron chi connectivity index (χ4n) is 1.59. The zero-order chi connectivity index (χ0) is 12.8. The third-order valence-corrected chi connectivity index (χ3v) is 3.22. The van der Waals surface area contributed by atoms with Gasteiger partial charge < -0.3 is 21.7 Å². The molecule has 17 heavy (non-hydrogen) atoms. The Morgan fingerprint density at radius 3 is 2.59 bits per heavy atom. The predicted octanol–water partition coefficient (Wildman–Crippen LogP) is 1.99. The molecule has 0 saturated heterocycles. The Balaban J connectivity index is 2.38. The zero-order valence-corrected chi connectivity index (χ0v) is 11.0. The largest absolute Gasteiger partial charge is 0.397 e. The molecule has 0 spiro atoms. The normalized spacial score (nSPS) is 12.7. The second kappa shape index (κ2) is 6.35. The van der Waals surface area contributed by atoms with Gasteiger partial charge in [-0.25, -0.2) is 0 Å². The minimum atomic E-state index is 0.619. The number of likely N-dealkylation sites (N-methyl/N-ethyl adjacent to an activating group) is 1. The van der Waals surface area contributed by atoms with E-state index in [2.05, 4.69) is 31.1 Å². The molecule has 1 unspecified atom stereocenters. The maximum atomic E-state index is 5.75. The molecule has 1 rings (SSSR count). The van der Waals surface area contributed by atoms with Crippen LogP contribution < -0.4 is 16.8 Å². The molecule has 0 aliphatic heterocycles. The van der Waals surface area contributed by atoms with Crippen LogP contribution in [-0.4, -0.2) is 31.1 Å². The lowest BCUT2D eigenvalue weighted by Gasteiger charge is -2.23. The van der Waals surface area contributed by atoms with Crippen molar-refractivity contribution in [2.75, 3.05) is 36.9 Å². The Hall–Kier alpha value is -1.42. The van der Waals surface area contributed by atoms with Gasteiger partial charge in [0.1, 0.15) is 0 Å². The van der Waals surface area contributed by atoms with Crippen LogP contribution in [0.3, 0.4) is 0 Å². The quantitative estimate of drug-likeness (QED) is 0.661. The molecule has 0 aliphatic rings. The zero-order valence-electron chi connectivity index (χ0n) is 11.0. The highest BCUT2D eigenvalue weighted by Crippen LogP contribution is 2.19. The van der Waals surface area contributed by atoms with E-state index in [9.17, 15) is 0 Å². The van der Waals surface area contributed by atoms with E-state index in [-0.39, 0.29) is 0 Å². The van der Waals surface area contributed by atoms with Gasteiger partial charge in [0.15, 0.2) is 0 Å². The van der Waals surface area contributed by atoms with Crippen LogP contribution in [0, 0.1) is 0 Å². The molecule has 5 N–H and O–H groups in total. The van der Waals surface area contributed by atoms with Gasteiger partial charge >= 0.3 is 0 Å². The molecule has 0 aliphatic carbocycles. The van der Waals surface area contributed by atoms with Crippen LogP contribution in [0.25, 0.3) is 0 Å². The molecule has 1 aromatic carbocycles. The number of nitrogens with one attached hydrogen (secondary N) is 1. The van der Waals surface area contributed by atoms with E-state index in [0.717, 1.165) is 18.8 Å². The Labute approximate surface area is 104 Å². The fourth-order valence-corrected chi connectivity index (χ4v) is 1.59. The molecule has 1 aromatic rings. The molecule has 0 bridgehead atoms. The molecule has 0 aromatic heterocycles. The van der Waals surface area contributed by atoms with E-state index in [1.54, 1.807) is 0 Å². The van der Waals surface area contributed by atoms with E-state index in [1.807, 2.05) is 18.2 Å². The van der Waals surface area contributed by atoms with Crippen molar-refractivity contribution in [2.45, 2.75) is 26.3 Å². The van der Waals surface area contributed by atoms with Crippen LogP contribution in [0.2, 0.25) is 0 Å². The van der Waals surface area contributed by atoms with Crippen molar-refractivity contribution >= 4 is 17.1 Å². The maximum absolute atomic E-state index is 5.75. The fraction of sp³-hybridized carbons (Fsp3) is 0.538. The van der Waals surface area contributed by atoms with Crippen molar-refractivity contribution < 1.29 is 0 Å². The van der Waals surface area contributed by atoms with Gasteiger partial charge in [-0.15, -0.1) is 0 Å². The third-order valence-electron chi connectivity index (χ3n) is 3.22. The monoisotopic (exact) mass is 236 g/mol. The summed E-state index contributed by atoms with van der Waals surface area (Å²) < 4.78 is 0. The lowest BCUT2D eigenvalue weighted by Crippen LogP contribution is -2.32. The molecular formula is C13H24N4. The number of hydrogen-bond acceptors (Lipinski definition) is 4. The van der Waals surface area contributed by atoms with Gasteiger partial charge in [0.2, 0.25) is 0 Å². The second-order valence-electron chi connectivity index (χ2n) is 4.51. The molecule has 0 heterocycles. The highest BCUT2D eigenvalue weighted by molar-refractivity contribution is 5.69. The highest BCUT2D eigenvalue weighted by Gasteiger charge is 2.05. The Morgan fingerprint density at radius 2 is 2.00 bits per heavy atom. The van der Waals surface area contributed by atoms with E-state index in [0.29, 0.717) is 17.4 Å². The van der Waals surface area contributed by atoms with Crippen LogP contribution in [-0.2, 0) is 0 Å². The second-order valence-corrected chi connectivity index (χ2v) is 4.51. The lowest BCUT2D eigenvalue weighted by atomic mass is 10.2. The van der Waals surface area contributed by atoms with Crippen molar-refractivity contribution in [2.24, 2.45) is 0 Å². The number of benzene rings is 1. The summed E-state index contributed by atoms with van der Waals surface area (Å²) in [5, 5.41) is 3.35. The lowest BCUT2D eigenvalue weighted by molar-refractivity contribution is 0.261. The van der Waals surface area contributed by atoms with Gasteiger partial charge in [0.05, 0.1) is 11.4 Å². The number of hydrogen-bond donors (Lipinski definition) is 3. The van der Waals surface area contributed by atoms with Crippen molar-refractivity contribution in [1.29, 1.82) is 0 Å². The van der Waals surface area contributed by atoms with Gasteiger partial charge in [-0.2, -0.15) is 0 Å². The Kier molecular flexibility index (Phi) is 5.10. The Morgan fingerprint density at radius 1 is 1.29 bits per heavy atom. The van der Waals surface area contributed by atoms with E-state index in [4.69, 9.17) is 11.5 Å². The van der Waals surface area contributed by atoms with Gasteiger partial charge in [-0.05, 0) is 38.6 Å². The highest BCUT2D eigenvalue weighted by atomic mass is 15.1. The average Bonchev–Trinajstić information content (AvgIpc) is 2.32. The summed E-state index contributed by atoms with van der Waals surface area (Å²) >= 11 is 0. The topological polar surface area (TPSA) is 67.3 Å². The summed E-state index contributed by atoms with van der Waals surface area (Å²) in [5.41, 5.74) is 13.7. The van der Waals surface area contributed by atoms with Crippen LogP contribution in [0.4, 0.5) is 17.1 Å². The maximum Gasteiger partial charge on any atom is 0.0568 e. The first-order chi connectivity index (χ1) is 8.04. The smallest absolute Gasteiger partial charge is 0.0568 e. The summed E-state index contributed by atoms with van der Waals surface area (Å²) in [6, 6.07) is 6.28. The predicted molar refractivity (Wildman–Crippen MR) is 76.1 cm³/mol. The van der Waals surface area contributed by atoms with Crippen molar-refractivity contribution in [3.8, 4) is 0 Å². The van der Waals surface area contributed by atoms with E-state index in [1.165, 1.54) is 6.42 Å². The number of nitrogens with two attached hydrogens (primary N) is 2. The molecular weight excluding hydrogens is 212 g/mol.